The van der Waals surface area contributed by atoms with Gasteiger partial charge in [-0.15, -0.1) is 0 Å². The van der Waals surface area contributed by atoms with Crippen molar-refractivity contribution in [2.45, 2.75) is 45.8 Å². The Hall–Kier alpha value is -3.60. The maximum atomic E-state index is 13.5. The van der Waals surface area contributed by atoms with E-state index in [4.69, 9.17) is 4.74 Å². The minimum absolute atomic E-state index is 0.126. The highest BCUT2D eigenvalue weighted by atomic mass is 16.5. The summed E-state index contributed by atoms with van der Waals surface area (Å²) in [7, 11) is 0. The van der Waals surface area contributed by atoms with Crippen LogP contribution in [0.3, 0.4) is 0 Å². The fourth-order valence-corrected chi connectivity index (χ4v) is 4.29. The van der Waals surface area contributed by atoms with Gasteiger partial charge in [-0.25, -0.2) is 0 Å². The highest BCUT2D eigenvalue weighted by Gasteiger charge is 2.46. The van der Waals surface area contributed by atoms with E-state index in [2.05, 4.69) is 5.32 Å². The maximum absolute atomic E-state index is 13.5. The topological polar surface area (TPSA) is 58.6 Å². The Kier molecular flexibility index (Phi) is 6.50. The second kappa shape index (κ2) is 9.49. The van der Waals surface area contributed by atoms with Crippen LogP contribution in [0.5, 0.6) is 5.75 Å². The molecule has 4 rings (SSSR count). The smallest absolute Gasteiger partial charge is 0.255 e. The SMILES string of the molecule is CCOc1ccc(CN2C(=O)c3ccccc3C[C@]2(C)C(=O)NCc2ccc(C)cc2)cc1. The molecule has 0 aromatic heterocycles. The van der Waals surface area contributed by atoms with Crippen LogP contribution in [0.15, 0.2) is 72.8 Å². The van der Waals surface area contributed by atoms with E-state index in [-0.39, 0.29) is 11.8 Å². The standard InChI is InChI=1S/C28H30N2O3/c1-4-33-24-15-13-22(14-16-24)19-30-26(31)25-8-6-5-7-23(25)17-28(30,3)27(32)29-18-21-11-9-20(2)10-12-21/h5-16H,4,17-19H2,1-3H3,(H,29,32)/t28-/m1/s1. The monoisotopic (exact) mass is 442 g/mol. The maximum Gasteiger partial charge on any atom is 0.255 e. The van der Waals surface area contributed by atoms with Crippen molar-refractivity contribution in [2.75, 3.05) is 6.61 Å². The van der Waals surface area contributed by atoms with Gasteiger partial charge in [-0.2, -0.15) is 0 Å². The van der Waals surface area contributed by atoms with Crippen LogP contribution in [0.25, 0.3) is 0 Å². The first-order valence-corrected chi connectivity index (χ1v) is 11.4. The van der Waals surface area contributed by atoms with Gasteiger partial charge in [-0.1, -0.05) is 60.2 Å². The number of aryl methyl sites for hydroxylation is 1. The molecule has 3 aromatic rings. The Morgan fingerprint density at radius 2 is 1.67 bits per heavy atom. The van der Waals surface area contributed by atoms with E-state index < -0.39 is 5.54 Å². The lowest BCUT2D eigenvalue weighted by Crippen LogP contribution is -2.62. The summed E-state index contributed by atoms with van der Waals surface area (Å²) < 4.78 is 5.53. The second-order valence-electron chi connectivity index (χ2n) is 8.74. The highest BCUT2D eigenvalue weighted by molar-refractivity contribution is 6.02. The predicted molar refractivity (Wildman–Crippen MR) is 129 cm³/mol. The molecule has 0 aliphatic carbocycles. The van der Waals surface area contributed by atoms with Crippen molar-refractivity contribution in [3.05, 3.63) is 101 Å². The van der Waals surface area contributed by atoms with Crippen LogP contribution >= 0.6 is 0 Å². The number of benzene rings is 3. The van der Waals surface area contributed by atoms with Gasteiger partial charge < -0.3 is 15.0 Å². The van der Waals surface area contributed by atoms with E-state index >= 15 is 0 Å². The van der Waals surface area contributed by atoms with Crippen LogP contribution in [0, 0.1) is 6.92 Å². The van der Waals surface area contributed by atoms with Crippen molar-refractivity contribution in [1.29, 1.82) is 0 Å². The molecular weight excluding hydrogens is 412 g/mol. The van der Waals surface area contributed by atoms with E-state index in [1.807, 2.05) is 93.6 Å². The minimum Gasteiger partial charge on any atom is -0.494 e. The second-order valence-corrected chi connectivity index (χ2v) is 8.74. The summed E-state index contributed by atoms with van der Waals surface area (Å²) in [6.45, 7) is 7.20. The summed E-state index contributed by atoms with van der Waals surface area (Å²) in [6, 6.07) is 23.3. The molecule has 0 saturated heterocycles. The number of nitrogens with one attached hydrogen (secondary N) is 1. The third-order valence-electron chi connectivity index (χ3n) is 6.26. The summed E-state index contributed by atoms with van der Waals surface area (Å²) >= 11 is 0. The molecule has 33 heavy (non-hydrogen) atoms. The zero-order chi connectivity index (χ0) is 23.4. The lowest BCUT2D eigenvalue weighted by Gasteiger charge is -2.44. The number of carbonyl (C=O) groups excluding carboxylic acids is 2. The third kappa shape index (κ3) is 4.77. The molecule has 1 N–H and O–H groups in total. The van der Waals surface area contributed by atoms with Gasteiger partial charge in [0.1, 0.15) is 11.3 Å². The fraction of sp³-hybridized carbons (Fsp3) is 0.286. The summed E-state index contributed by atoms with van der Waals surface area (Å²) in [5, 5.41) is 3.07. The molecule has 0 bridgehead atoms. The number of carbonyl (C=O) groups is 2. The van der Waals surface area contributed by atoms with E-state index in [0.29, 0.717) is 31.7 Å². The van der Waals surface area contributed by atoms with Crippen LogP contribution < -0.4 is 10.1 Å². The fourth-order valence-electron chi connectivity index (χ4n) is 4.29. The van der Waals surface area contributed by atoms with Gasteiger partial charge in [0.05, 0.1) is 6.61 Å². The lowest BCUT2D eigenvalue weighted by molar-refractivity contribution is -0.132. The Morgan fingerprint density at radius 3 is 2.36 bits per heavy atom. The molecule has 0 radical (unpaired) electrons. The van der Waals surface area contributed by atoms with Crippen LogP contribution in [0.1, 0.15) is 46.5 Å². The number of amides is 2. The zero-order valence-corrected chi connectivity index (χ0v) is 19.4. The number of hydrogen-bond donors (Lipinski definition) is 1. The van der Waals surface area contributed by atoms with Gasteiger partial charge in [-0.3, -0.25) is 9.59 Å². The molecule has 0 spiro atoms. The van der Waals surface area contributed by atoms with Crippen LogP contribution in [0.4, 0.5) is 0 Å². The Bertz CT molecular complexity index is 1140. The van der Waals surface area contributed by atoms with E-state index in [1.165, 1.54) is 5.56 Å². The van der Waals surface area contributed by atoms with Crippen molar-refractivity contribution in [3.63, 3.8) is 0 Å². The van der Waals surface area contributed by atoms with Gasteiger partial charge in [0.2, 0.25) is 5.91 Å². The van der Waals surface area contributed by atoms with Crippen LogP contribution in [-0.2, 0) is 24.3 Å². The van der Waals surface area contributed by atoms with Gasteiger partial charge in [0.15, 0.2) is 0 Å². The zero-order valence-electron chi connectivity index (χ0n) is 19.4. The molecular formula is C28H30N2O3. The van der Waals surface area contributed by atoms with Crippen molar-refractivity contribution in [2.24, 2.45) is 0 Å². The van der Waals surface area contributed by atoms with E-state index in [0.717, 1.165) is 22.4 Å². The molecule has 170 valence electrons. The Morgan fingerprint density at radius 1 is 1.00 bits per heavy atom. The number of fused-ring (bicyclic) bond motifs is 1. The summed E-state index contributed by atoms with van der Waals surface area (Å²) in [4.78, 5) is 28.8. The molecule has 2 amide bonds. The molecule has 0 saturated carbocycles. The number of nitrogens with zero attached hydrogens (tertiary/aromatic N) is 1. The summed E-state index contributed by atoms with van der Waals surface area (Å²) in [6.07, 6.45) is 0.464. The van der Waals surface area contributed by atoms with E-state index in [1.54, 1.807) is 4.90 Å². The predicted octanol–water partition coefficient (Wildman–Crippen LogP) is 4.67. The molecule has 1 aliphatic heterocycles. The summed E-state index contributed by atoms with van der Waals surface area (Å²) in [5.74, 6) is 0.505. The quantitative estimate of drug-likeness (QED) is 0.579. The van der Waals surface area contributed by atoms with Crippen molar-refractivity contribution < 1.29 is 14.3 Å². The molecule has 1 heterocycles. The number of ether oxygens (including phenoxy) is 1. The third-order valence-corrected chi connectivity index (χ3v) is 6.26. The van der Waals surface area contributed by atoms with Crippen LogP contribution in [0.2, 0.25) is 0 Å². The Labute approximate surface area is 195 Å². The van der Waals surface area contributed by atoms with Gasteiger partial charge in [-0.05, 0) is 55.7 Å². The molecule has 1 atom stereocenters. The van der Waals surface area contributed by atoms with Crippen molar-refractivity contribution >= 4 is 11.8 Å². The first-order chi connectivity index (χ1) is 15.9. The van der Waals surface area contributed by atoms with Gasteiger partial charge >= 0.3 is 0 Å². The largest absolute Gasteiger partial charge is 0.494 e. The van der Waals surface area contributed by atoms with Crippen LogP contribution in [-0.4, -0.2) is 28.9 Å². The molecule has 5 heteroatoms. The normalized spacial score (nSPS) is 17.4. The average molecular weight is 443 g/mol. The van der Waals surface area contributed by atoms with Crippen molar-refractivity contribution in [3.8, 4) is 5.75 Å². The molecule has 1 aliphatic rings. The van der Waals surface area contributed by atoms with Crippen molar-refractivity contribution in [1.82, 2.24) is 10.2 Å². The summed E-state index contributed by atoms with van der Waals surface area (Å²) in [5.41, 5.74) is 3.70. The lowest BCUT2D eigenvalue weighted by atomic mass is 9.82. The molecule has 5 nitrogen and oxygen atoms in total. The highest BCUT2D eigenvalue weighted by Crippen LogP contribution is 2.33. The van der Waals surface area contributed by atoms with E-state index in [9.17, 15) is 9.59 Å². The molecule has 3 aromatic carbocycles. The molecule has 0 unspecified atom stereocenters. The first kappa shape index (κ1) is 22.6. The average Bonchev–Trinajstić information content (AvgIpc) is 2.82. The van der Waals surface area contributed by atoms with Gasteiger partial charge in [0, 0.05) is 25.1 Å². The number of rotatable bonds is 7. The molecule has 0 fully saturated rings. The Balaban J connectivity index is 1.61. The first-order valence-electron chi connectivity index (χ1n) is 11.4. The van der Waals surface area contributed by atoms with Gasteiger partial charge in [0.25, 0.3) is 5.91 Å². The minimum atomic E-state index is -1.01. The number of hydrogen-bond acceptors (Lipinski definition) is 3.